The fraction of sp³-hybridized carbons (Fsp3) is 0.500. The lowest BCUT2D eigenvalue weighted by atomic mass is 10.1. The lowest BCUT2D eigenvalue weighted by Crippen LogP contribution is -2.30. The van der Waals surface area contributed by atoms with E-state index < -0.39 is 0 Å². The fourth-order valence-electron chi connectivity index (χ4n) is 1.85. The van der Waals surface area contributed by atoms with E-state index in [0.717, 1.165) is 21.5 Å². The molecule has 4 nitrogen and oxygen atoms in total. The van der Waals surface area contributed by atoms with Crippen molar-refractivity contribution in [3.63, 3.8) is 0 Å². The van der Waals surface area contributed by atoms with Gasteiger partial charge in [0, 0.05) is 6.04 Å². The molecule has 2 rings (SSSR count). The fourth-order valence-corrected chi connectivity index (χ4v) is 2.42. The largest absolute Gasteiger partial charge is 0.454 e. The first-order valence-corrected chi connectivity index (χ1v) is 6.37. The van der Waals surface area contributed by atoms with Crippen molar-refractivity contribution in [2.45, 2.75) is 25.9 Å². The van der Waals surface area contributed by atoms with E-state index in [1.54, 1.807) is 0 Å². The topological polar surface area (TPSA) is 50.7 Å². The lowest BCUT2D eigenvalue weighted by Gasteiger charge is -2.20. The van der Waals surface area contributed by atoms with E-state index in [9.17, 15) is 5.11 Å². The standard InChI is InChI=1S/C12H16BrNO3/c1-7(2)14-10(5-15)8-3-9(13)12-11(4-8)16-6-17-12/h3-4,7,10,14-15H,5-6H2,1-2H3. The maximum atomic E-state index is 9.42. The van der Waals surface area contributed by atoms with Crippen LogP contribution in [0.3, 0.4) is 0 Å². The summed E-state index contributed by atoms with van der Waals surface area (Å²) >= 11 is 3.45. The van der Waals surface area contributed by atoms with Crippen LogP contribution in [0.5, 0.6) is 11.5 Å². The molecule has 0 bridgehead atoms. The minimum absolute atomic E-state index is 0.0459. The molecule has 1 aromatic carbocycles. The summed E-state index contributed by atoms with van der Waals surface area (Å²) in [5.74, 6) is 1.45. The quantitative estimate of drug-likeness (QED) is 0.895. The minimum atomic E-state index is -0.0965. The van der Waals surface area contributed by atoms with Crippen molar-refractivity contribution in [2.24, 2.45) is 0 Å². The number of aliphatic hydroxyl groups is 1. The van der Waals surface area contributed by atoms with Gasteiger partial charge in [0.2, 0.25) is 6.79 Å². The van der Waals surface area contributed by atoms with Gasteiger partial charge < -0.3 is 19.9 Å². The van der Waals surface area contributed by atoms with Gasteiger partial charge in [-0.05, 0) is 33.6 Å². The molecular formula is C12H16BrNO3. The highest BCUT2D eigenvalue weighted by atomic mass is 79.9. The molecule has 1 unspecified atom stereocenters. The molecule has 17 heavy (non-hydrogen) atoms. The van der Waals surface area contributed by atoms with Crippen LogP contribution in [0.2, 0.25) is 0 Å². The Morgan fingerprint density at radius 1 is 1.41 bits per heavy atom. The van der Waals surface area contributed by atoms with Crippen molar-refractivity contribution >= 4 is 15.9 Å². The molecule has 0 aliphatic carbocycles. The first-order valence-electron chi connectivity index (χ1n) is 5.57. The Hall–Kier alpha value is -0.780. The monoisotopic (exact) mass is 301 g/mol. The summed E-state index contributed by atoms with van der Waals surface area (Å²) in [6.07, 6.45) is 0. The predicted octanol–water partition coefficient (Wildman–Crippen LogP) is 2.21. The second-order valence-electron chi connectivity index (χ2n) is 4.29. The van der Waals surface area contributed by atoms with Gasteiger partial charge >= 0.3 is 0 Å². The molecule has 1 atom stereocenters. The Balaban J connectivity index is 2.29. The van der Waals surface area contributed by atoms with Gasteiger partial charge in [0.1, 0.15) is 0 Å². The number of halogens is 1. The Labute approximate surface area is 109 Å². The molecule has 0 saturated carbocycles. The van der Waals surface area contributed by atoms with Gasteiger partial charge in [0.15, 0.2) is 11.5 Å². The molecule has 1 aliphatic rings. The molecule has 5 heteroatoms. The molecule has 0 aromatic heterocycles. The molecule has 0 saturated heterocycles. The van der Waals surface area contributed by atoms with Gasteiger partial charge in [0.05, 0.1) is 17.1 Å². The molecule has 0 radical (unpaired) electrons. The van der Waals surface area contributed by atoms with Crippen LogP contribution < -0.4 is 14.8 Å². The first kappa shape index (κ1) is 12.7. The smallest absolute Gasteiger partial charge is 0.231 e. The van der Waals surface area contributed by atoms with E-state index in [1.165, 1.54) is 0 Å². The predicted molar refractivity (Wildman–Crippen MR) is 68.4 cm³/mol. The van der Waals surface area contributed by atoms with E-state index in [0.29, 0.717) is 6.04 Å². The average molecular weight is 302 g/mol. The number of ether oxygens (including phenoxy) is 2. The van der Waals surface area contributed by atoms with Crippen LogP contribution in [0, 0.1) is 0 Å². The highest BCUT2D eigenvalue weighted by Gasteiger charge is 2.21. The molecule has 0 fully saturated rings. The zero-order valence-electron chi connectivity index (χ0n) is 9.87. The van der Waals surface area contributed by atoms with Crippen LogP contribution in [0.4, 0.5) is 0 Å². The number of aliphatic hydroxyl groups excluding tert-OH is 1. The third kappa shape index (κ3) is 2.73. The normalized spacial score (nSPS) is 15.4. The van der Waals surface area contributed by atoms with Gasteiger partial charge in [-0.3, -0.25) is 0 Å². The summed E-state index contributed by atoms with van der Waals surface area (Å²) in [5.41, 5.74) is 0.984. The summed E-state index contributed by atoms with van der Waals surface area (Å²) in [5, 5.41) is 12.7. The van der Waals surface area contributed by atoms with Crippen LogP contribution in [0.25, 0.3) is 0 Å². The van der Waals surface area contributed by atoms with Crippen LogP contribution in [-0.2, 0) is 0 Å². The number of benzene rings is 1. The average Bonchev–Trinajstić information content (AvgIpc) is 2.74. The first-order chi connectivity index (χ1) is 8.11. The maximum Gasteiger partial charge on any atom is 0.231 e. The van der Waals surface area contributed by atoms with Crippen molar-refractivity contribution < 1.29 is 14.6 Å². The Kier molecular flexibility index (Phi) is 3.91. The Morgan fingerprint density at radius 3 is 2.82 bits per heavy atom. The molecule has 1 heterocycles. The molecule has 94 valence electrons. The Morgan fingerprint density at radius 2 is 2.18 bits per heavy atom. The zero-order chi connectivity index (χ0) is 12.4. The van der Waals surface area contributed by atoms with E-state index in [4.69, 9.17) is 9.47 Å². The maximum absolute atomic E-state index is 9.42. The van der Waals surface area contributed by atoms with E-state index >= 15 is 0 Å². The highest BCUT2D eigenvalue weighted by molar-refractivity contribution is 9.10. The highest BCUT2D eigenvalue weighted by Crippen LogP contribution is 2.41. The second-order valence-corrected chi connectivity index (χ2v) is 5.15. The van der Waals surface area contributed by atoms with Crippen molar-refractivity contribution in [1.82, 2.24) is 5.32 Å². The number of fused-ring (bicyclic) bond motifs is 1. The van der Waals surface area contributed by atoms with E-state index in [1.807, 2.05) is 26.0 Å². The van der Waals surface area contributed by atoms with Gasteiger partial charge in [-0.2, -0.15) is 0 Å². The number of rotatable bonds is 4. The minimum Gasteiger partial charge on any atom is -0.454 e. The molecule has 1 aromatic rings. The molecule has 1 aliphatic heterocycles. The summed E-state index contributed by atoms with van der Waals surface area (Å²) < 4.78 is 11.5. The van der Waals surface area contributed by atoms with Crippen LogP contribution in [0.1, 0.15) is 25.5 Å². The van der Waals surface area contributed by atoms with Crippen molar-refractivity contribution in [2.75, 3.05) is 13.4 Å². The van der Waals surface area contributed by atoms with Gasteiger partial charge in [-0.15, -0.1) is 0 Å². The van der Waals surface area contributed by atoms with Gasteiger partial charge in [-0.1, -0.05) is 13.8 Å². The van der Waals surface area contributed by atoms with Crippen LogP contribution in [-0.4, -0.2) is 24.5 Å². The van der Waals surface area contributed by atoms with Gasteiger partial charge in [0.25, 0.3) is 0 Å². The SMILES string of the molecule is CC(C)NC(CO)c1cc(Br)c2c(c1)OCO2. The number of nitrogens with one attached hydrogen (secondary N) is 1. The summed E-state index contributed by atoms with van der Waals surface area (Å²) in [4.78, 5) is 0. The second kappa shape index (κ2) is 5.25. The zero-order valence-corrected chi connectivity index (χ0v) is 11.5. The van der Waals surface area contributed by atoms with Crippen molar-refractivity contribution in [3.05, 3.63) is 22.2 Å². The van der Waals surface area contributed by atoms with E-state index in [2.05, 4.69) is 21.2 Å². The lowest BCUT2D eigenvalue weighted by molar-refractivity contribution is 0.173. The third-order valence-electron chi connectivity index (χ3n) is 2.57. The number of hydrogen-bond acceptors (Lipinski definition) is 4. The molecule has 2 N–H and O–H groups in total. The molecule has 0 amide bonds. The summed E-state index contributed by atoms with van der Waals surface area (Å²) in [7, 11) is 0. The summed E-state index contributed by atoms with van der Waals surface area (Å²) in [6.45, 7) is 4.39. The van der Waals surface area contributed by atoms with Crippen LogP contribution in [0.15, 0.2) is 16.6 Å². The van der Waals surface area contributed by atoms with Crippen molar-refractivity contribution in [3.8, 4) is 11.5 Å². The van der Waals surface area contributed by atoms with Gasteiger partial charge in [-0.25, -0.2) is 0 Å². The van der Waals surface area contributed by atoms with Crippen LogP contribution >= 0.6 is 15.9 Å². The molecular weight excluding hydrogens is 286 g/mol. The Bertz CT molecular complexity index is 409. The third-order valence-corrected chi connectivity index (χ3v) is 3.16. The molecule has 0 spiro atoms. The van der Waals surface area contributed by atoms with E-state index in [-0.39, 0.29) is 19.4 Å². The van der Waals surface area contributed by atoms with Crippen molar-refractivity contribution in [1.29, 1.82) is 0 Å². The summed E-state index contributed by atoms with van der Waals surface area (Å²) in [6, 6.07) is 4.06. The number of hydrogen-bond donors (Lipinski definition) is 2.